The Morgan fingerprint density at radius 2 is 2.45 bits per heavy atom. The lowest BCUT2D eigenvalue weighted by Gasteiger charge is -2.19. The second-order valence-corrected chi connectivity index (χ2v) is 3.19. The fraction of sp³-hybridized carbons (Fsp3) is 0.875. The fourth-order valence-electron chi connectivity index (χ4n) is 1.37. The zero-order valence-corrected chi connectivity index (χ0v) is 7.26. The standard InChI is InChI=1S/C8H16N2O/c1-7(11)10(2)6-8-4-3-5-9-8/h8-9H,3-6H2,1-2H3/t8-/m1/s1. The molecule has 0 radical (unpaired) electrons. The van der Waals surface area contributed by atoms with Crippen LogP contribution in [-0.4, -0.2) is 37.0 Å². The Labute approximate surface area is 67.8 Å². The van der Waals surface area contributed by atoms with Crippen LogP contribution < -0.4 is 5.32 Å². The van der Waals surface area contributed by atoms with E-state index in [1.807, 2.05) is 7.05 Å². The highest BCUT2D eigenvalue weighted by Gasteiger charge is 2.16. The Morgan fingerprint density at radius 1 is 1.73 bits per heavy atom. The summed E-state index contributed by atoms with van der Waals surface area (Å²) in [6.07, 6.45) is 2.45. The lowest BCUT2D eigenvalue weighted by atomic mass is 10.2. The van der Waals surface area contributed by atoms with Crippen molar-refractivity contribution in [2.45, 2.75) is 25.8 Å². The van der Waals surface area contributed by atoms with Crippen molar-refractivity contribution < 1.29 is 4.79 Å². The molecule has 11 heavy (non-hydrogen) atoms. The van der Waals surface area contributed by atoms with E-state index in [1.54, 1.807) is 11.8 Å². The maximum Gasteiger partial charge on any atom is 0.219 e. The summed E-state index contributed by atoms with van der Waals surface area (Å²) in [5, 5.41) is 3.35. The lowest BCUT2D eigenvalue weighted by molar-refractivity contribution is -0.127. The molecule has 1 aliphatic rings. The van der Waals surface area contributed by atoms with E-state index in [1.165, 1.54) is 12.8 Å². The van der Waals surface area contributed by atoms with Crippen molar-refractivity contribution in [1.29, 1.82) is 0 Å². The van der Waals surface area contributed by atoms with Crippen molar-refractivity contribution in [3.05, 3.63) is 0 Å². The smallest absolute Gasteiger partial charge is 0.219 e. The van der Waals surface area contributed by atoms with E-state index < -0.39 is 0 Å². The maximum absolute atomic E-state index is 10.8. The van der Waals surface area contributed by atoms with E-state index in [-0.39, 0.29) is 5.91 Å². The van der Waals surface area contributed by atoms with E-state index in [2.05, 4.69) is 5.32 Å². The van der Waals surface area contributed by atoms with Crippen LogP contribution in [0.25, 0.3) is 0 Å². The molecule has 3 heteroatoms. The number of nitrogens with zero attached hydrogens (tertiary/aromatic N) is 1. The van der Waals surface area contributed by atoms with Crippen LogP contribution in [0.15, 0.2) is 0 Å². The summed E-state index contributed by atoms with van der Waals surface area (Å²) in [4.78, 5) is 12.6. The summed E-state index contributed by atoms with van der Waals surface area (Å²) in [6.45, 7) is 3.57. The topological polar surface area (TPSA) is 32.3 Å². The molecule has 3 nitrogen and oxygen atoms in total. The van der Waals surface area contributed by atoms with E-state index in [9.17, 15) is 4.79 Å². The van der Waals surface area contributed by atoms with Crippen molar-refractivity contribution in [2.24, 2.45) is 0 Å². The van der Waals surface area contributed by atoms with Crippen molar-refractivity contribution in [3.63, 3.8) is 0 Å². The van der Waals surface area contributed by atoms with Crippen LogP contribution >= 0.6 is 0 Å². The third-order valence-electron chi connectivity index (χ3n) is 2.19. The first-order valence-electron chi connectivity index (χ1n) is 4.15. The highest BCUT2D eigenvalue weighted by molar-refractivity contribution is 5.72. The van der Waals surface area contributed by atoms with E-state index >= 15 is 0 Å². The first-order chi connectivity index (χ1) is 5.20. The molecule has 64 valence electrons. The molecule has 0 aliphatic carbocycles. The molecule has 0 aromatic rings. The van der Waals surface area contributed by atoms with Crippen LogP contribution in [0.2, 0.25) is 0 Å². The average Bonchev–Trinajstić information content (AvgIpc) is 2.39. The molecule has 0 aromatic heterocycles. The third-order valence-corrected chi connectivity index (χ3v) is 2.19. The quantitative estimate of drug-likeness (QED) is 0.620. The molecule has 0 unspecified atom stereocenters. The molecule has 1 N–H and O–H groups in total. The Bertz CT molecular complexity index is 141. The first-order valence-corrected chi connectivity index (χ1v) is 4.15. The predicted molar refractivity (Wildman–Crippen MR) is 44.3 cm³/mol. The molecular weight excluding hydrogens is 140 g/mol. The Morgan fingerprint density at radius 3 is 2.91 bits per heavy atom. The molecule has 1 atom stereocenters. The summed E-state index contributed by atoms with van der Waals surface area (Å²) < 4.78 is 0. The first kappa shape index (κ1) is 8.53. The number of carbonyl (C=O) groups excluding carboxylic acids is 1. The Hall–Kier alpha value is -0.570. The van der Waals surface area contributed by atoms with Gasteiger partial charge in [-0.2, -0.15) is 0 Å². The van der Waals surface area contributed by atoms with Gasteiger partial charge in [0.2, 0.25) is 5.91 Å². The SMILES string of the molecule is CC(=O)N(C)C[C@H]1CCCN1. The van der Waals surface area contributed by atoms with Crippen molar-refractivity contribution in [3.8, 4) is 0 Å². The molecule has 0 spiro atoms. The minimum atomic E-state index is 0.152. The molecule has 1 fully saturated rings. The number of likely N-dealkylation sites (N-methyl/N-ethyl adjacent to an activating group) is 1. The monoisotopic (exact) mass is 156 g/mol. The van der Waals surface area contributed by atoms with Crippen LogP contribution in [0.3, 0.4) is 0 Å². The van der Waals surface area contributed by atoms with Crippen LogP contribution in [0, 0.1) is 0 Å². The lowest BCUT2D eigenvalue weighted by Crippen LogP contribution is -2.37. The normalized spacial score (nSPS) is 23.6. The van der Waals surface area contributed by atoms with Gasteiger partial charge >= 0.3 is 0 Å². The largest absolute Gasteiger partial charge is 0.344 e. The van der Waals surface area contributed by atoms with E-state index in [4.69, 9.17) is 0 Å². The van der Waals surface area contributed by atoms with Gasteiger partial charge in [0, 0.05) is 26.6 Å². The van der Waals surface area contributed by atoms with Crippen LogP contribution in [-0.2, 0) is 4.79 Å². The number of amides is 1. The summed E-state index contributed by atoms with van der Waals surface area (Å²) in [6, 6.07) is 0.531. The molecule has 1 rings (SSSR count). The third kappa shape index (κ3) is 2.50. The summed E-state index contributed by atoms with van der Waals surface area (Å²) in [5.41, 5.74) is 0. The second kappa shape index (κ2) is 3.72. The zero-order chi connectivity index (χ0) is 8.27. The van der Waals surface area contributed by atoms with Gasteiger partial charge in [-0.05, 0) is 19.4 Å². The highest BCUT2D eigenvalue weighted by atomic mass is 16.2. The van der Waals surface area contributed by atoms with Gasteiger partial charge in [0.05, 0.1) is 0 Å². The van der Waals surface area contributed by atoms with Gasteiger partial charge in [-0.1, -0.05) is 0 Å². The molecule has 0 aromatic carbocycles. The number of hydrogen-bond acceptors (Lipinski definition) is 2. The maximum atomic E-state index is 10.8. The van der Waals surface area contributed by atoms with Crippen LogP contribution in [0.5, 0.6) is 0 Å². The van der Waals surface area contributed by atoms with Gasteiger partial charge in [-0.25, -0.2) is 0 Å². The number of hydrogen-bond donors (Lipinski definition) is 1. The number of nitrogens with one attached hydrogen (secondary N) is 1. The van der Waals surface area contributed by atoms with Gasteiger partial charge in [-0.3, -0.25) is 4.79 Å². The molecule has 1 amide bonds. The van der Waals surface area contributed by atoms with Gasteiger partial charge in [0.25, 0.3) is 0 Å². The second-order valence-electron chi connectivity index (χ2n) is 3.19. The van der Waals surface area contributed by atoms with Gasteiger partial charge in [0.1, 0.15) is 0 Å². The Kier molecular flexibility index (Phi) is 2.88. The molecule has 0 bridgehead atoms. The molecule has 1 heterocycles. The molecule has 0 saturated carbocycles. The minimum absolute atomic E-state index is 0.152. The number of rotatable bonds is 2. The molecule has 1 saturated heterocycles. The predicted octanol–water partition coefficient (Wildman–Crippen LogP) is 0.217. The summed E-state index contributed by atoms with van der Waals surface area (Å²) in [7, 11) is 1.85. The summed E-state index contributed by atoms with van der Waals surface area (Å²) in [5.74, 6) is 0.152. The van der Waals surface area contributed by atoms with Crippen molar-refractivity contribution in [1.82, 2.24) is 10.2 Å². The van der Waals surface area contributed by atoms with Crippen LogP contribution in [0.1, 0.15) is 19.8 Å². The molecular formula is C8H16N2O. The van der Waals surface area contributed by atoms with Gasteiger partial charge in [-0.15, -0.1) is 0 Å². The minimum Gasteiger partial charge on any atom is -0.344 e. The van der Waals surface area contributed by atoms with E-state index in [0.29, 0.717) is 6.04 Å². The molecule has 1 aliphatic heterocycles. The number of carbonyl (C=O) groups is 1. The van der Waals surface area contributed by atoms with Gasteiger partial charge in [0.15, 0.2) is 0 Å². The van der Waals surface area contributed by atoms with Gasteiger partial charge < -0.3 is 10.2 Å². The zero-order valence-electron chi connectivity index (χ0n) is 7.26. The van der Waals surface area contributed by atoms with Crippen molar-refractivity contribution in [2.75, 3.05) is 20.1 Å². The van der Waals surface area contributed by atoms with E-state index in [0.717, 1.165) is 13.1 Å². The summed E-state index contributed by atoms with van der Waals surface area (Å²) >= 11 is 0. The average molecular weight is 156 g/mol. The van der Waals surface area contributed by atoms with Crippen LogP contribution in [0.4, 0.5) is 0 Å². The van der Waals surface area contributed by atoms with Crippen molar-refractivity contribution >= 4 is 5.91 Å². The fourth-order valence-corrected chi connectivity index (χ4v) is 1.37. The highest BCUT2D eigenvalue weighted by Crippen LogP contribution is 2.05. The Balaban J connectivity index is 2.23.